The van der Waals surface area contributed by atoms with Gasteiger partial charge in [-0.1, -0.05) is 29.8 Å². The van der Waals surface area contributed by atoms with Crippen molar-refractivity contribution in [1.82, 2.24) is 0 Å². The Bertz CT molecular complexity index is 850. The van der Waals surface area contributed by atoms with E-state index in [1.54, 1.807) is 23.9 Å². The van der Waals surface area contributed by atoms with Crippen LogP contribution in [0.3, 0.4) is 0 Å². The van der Waals surface area contributed by atoms with E-state index in [0.29, 0.717) is 5.02 Å². The molecule has 4 nitrogen and oxygen atoms in total. The van der Waals surface area contributed by atoms with Gasteiger partial charge in [-0.05, 0) is 23.3 Å². The maximum absolute atomic E-state index is 9.85. The molecule has 1 aliphatic carbocycles. The fourth-order valence-corrected chi connectivity index (χ4v) is 4.72. The summed E-state index contributed by atoms with van der Waals surface area (Å²) in [5.74, 6) is 0.999. The Morgan fingerprint density at radius 1 is 1.17 bits per heavy atom. The van der Waals surface area contributed by atoms with Crippen LogP contribution < -0.4 is 5.73 Å². The van der Waals surface area contributed by atoms with Crippen molar-refractivity contribution in [2.24, 2.45) is 17.1 Å². The second-order valence-electron chi connectivity index (χ2n) is 5.76. The Kier molecular flexibility index (Phi) is 4.29. The van der Waals surface area contributed by atoms with Crippen molar-refractivity contribution in [2.75, 3.05) is 11.5 Å². The highest BCUT2D eigenvalue weighted by Gasteiger charge is 2.53. The van der Waals surface area contributed by atoms with Crippen molar-refractivity contribution < 1.29 is 0 Å². The second-order valence-corrected chi connectivity index (χ2v) is 7.28. The second kappa shape index (κ2) is 6.25. The molecule has 0 fully saturated rings. The Labute approximate surface area is 149 Å². The highest BCUT2D eigenvalue weighted by atomic mass is 35.5. The topological polar surface area (TPSA) is 97.4 Å². The molecule has 1 aliphatic heterocycles. The first kappa shape index (κ1) is 16.5. The van der Waals surface area contributed by atoms with Gasteiger partial charge in [0.1, 0.15) is 6.07 Å². The number of fused-ring (bicyclic) bond motifs is 1. The van der Waals surface area contributed by atoms with Crippen LogP contribution >= 0.6 is 23.4 Å². The quantitative estimate of drug-likeness (QED) is 0.834. The van der Waals surface area contributed by atoms with Gasteiger partial charge >= 0.3 is 0 Å². The number of thioether (sulfide) groups is 1. The zero-order valence-electron chi connectivity index (χ0n) is 12.7. The standard InChI is InChI=1S/C18H13ClN4S/c19-12-3-1-11(2-4-12)16-15-8-24-6-5-13(15)14(7-20)17(23)18(16,9-21)10-22/h1-5,15-16H,6,8,23H2. The molecule has 1 aromatic carbocycles. The number of nitrogens with two attached hydrogens (primary N) is 1. The Balaban J connectivity index is 2.31. The summed E-state index contributed by atoms with van der Waals surface area (Å²) in [6.45, 7) is 0. The van der Waals surface area contributed by atoms with E-state index in [-0.39, 0.29) is 17.2 Å². The van der Waals surface area contributed by atoms with Crippen LogP contribution in [-0.4, -0.2) is 11.5 Å². The summed E-state index contributed by atoms with van der Waals surface area (Å²) in [6.07, 6.45) is 1.99. The molecule has 0 saturated carbocycles. The lowest BCUT2D eigenvalue weighted by Crippen LogP contribution is -2.43. The summed E-state index contributed by atoms with van der Waals surface area (Å²) >= 11 is 7.70. The molecule has 2 atom stereocenters. The number of nitriles is 3. The molecule has 2 aliphatic rings. The third-order valence-electron chi connectivity index (χ3n) is 4.66. The molecule has 0 saturated heterocycles. The van der Waals surface area contributed by atoms with E-state index in [4.69, 9.17) is 17.3 Å². The number of hydrogen-bond donors (Lipinski definition) is 1. The van der Waals surface area contributed by atoms with Crippen molar-refractivity contribution in [3.05, 3.63) is 57.8 Å². The maximum atomic E-state index is 9.85. The van der Waals surface area contributed by atoms with Gasteiger partial charge in [-0.15, -0.1) is 0 Å². The Morgan fingerprint density at radius 2 is 1.83 bits per heavy atom. The van der Waals surface area contributed by atoms with Crippen LogP contribution in [0, 0.1) is 45.3 Å². The minimum absolute atomic E-state index is 0.0596. The van der Waals surface area contributed by atoms with Crippen molar-refractivity contribution >= 4 is 23.4 Å². The molecule has 0 radical (unpaired) electrons. The minimum atomic E-state index is -1.56. The molecule has 3 rings (SSSR count). The monoisotopic (exact) mass is 352 g/mol. The van der Waals surface area contributed by atoms with Crippen LogP contribution in [0.25, 0.3) is 0 Å². The highest BCUT2D eigenvalue weighted by Crippen LogP contribution is 2.54. The van der Waals surface area contributed by atoms with Crippen molar-refractivity contribution in [3.63, 3.8) is 0 Å². The van der Waals surface area contributed by atoms with Gasteiger partial charge in [0, 0.05) is 28.4 Å². The predicted molar refractivity (Wildman–Crippen MR) is 93.6 cm³/mol. The van der Waals surface area contributed by atoms with Gasteiger partial charge in [-0.3, -0.25) is 0 Å². The van der Waals surface area contributed by atoms with E-state index in [1.807, 2.05) is 18.2 Å². The first-order valence-electron chi connectivity index (χ1n) is 7.35. The molecule has 0 aromatic heterocycles. The van der Waals surface area contributed by atoms with E-state index in [1.165, 1.54) is 0 Å². The van der Waals surface area contributed by atoms with E-state index in [2.05, 4.69) is 18.2 Å². The molecular formula is C18H13ClN4S. The average Bonchev–Trinajstić information content (AvgIpc) is 2.62. The fraction of sp³-hybridized carbons (Fsp3) is 0.278. The van der Waals surface area contributed by atoms with Gasteiger partial charge in [0.2, 0.25) is 0 Å². The van der Waals surface area contributed by atoms with Crippen LogP contribution in [0.2, 0.25) is 5.02 Å². The predicted octanol–water partition coefficient (Wildman–Crippen LogP) is 3.50. The van der Waals surface area contributed by atoms with Crippen LogP contribution in [0.5, 0.6) is 0 Å². The minimum Gasteiger partial charge on any atom is -0.399 e. The zero-order chi connectivity index (χ0) is 17.3. The van der Waals surface area contributed by atoms with Crippen molar-refractivity contribution in [2.45, 2.75) is 5.92 Å². The molecule has 6 heteroatoms. The summed E-state index contributed by atoms with van der Waals surface area (Å²) in [5, 5.41) is 29.8. The van der Waals surface area contributed by atoms with Crippen LogP contribution in [0.15, 0.2) is 47.2 Å². The zero-order valence-corrected chi connectivity index (χ0v) is 14.2. The lowest BCUT2D eigenvalue weighted by atomic mass is 9.59. The number of benzene rings is 1. The SMILES string of the molecule is N#CC1=C(N)C(C#N)(C#N)C(c2ccc(Cl)cc2)C2CSCC=C12. The van der Waals surface area contributed by atoms with Gasteiger partial charge in [0.15, 0.2) is 5.41 Å². The smallest absolute Gasteiger partial charge is 0.191 e. The van der Waals surface area contributed by atoms with E-state index in [9.17, 15) is 15.8 Å². The van der Waals surface area contributed by atoms with Gasteiger partial charge in [0.05, 0.1) is 23.4 Å². The first-order chi connectivity index (χ1) is 11.6. The number of allylic oxidation sites excluding steroid dienone is 3. The molecule has 0 amide bonds. The maximum Gasteiger partial charge on any atom is 0.191 e. The molecule has 118 valence electrons. The highest BCUT2D eigenvalue weighted by molar-refractivity contribution is 7.99. The van der Waals surface area contributed by atoms with Crippen LogP contribution in [-0.2, 0) is 0 Å². The number of halogens is 1. The summed E-state index contributed by atoms with van der Waals surface area (Å²) in [4.78, 5) is 0. The van der Waals surface area contributed by atoms with Crippen molar-refractivity contribution in [3.8, 4) is 18.2 Å². The molecule has 1 heterocycles. The summed E-state index contributed by atoms with van der Waals surface area (Å²) in [7, 11) is 0. The normalized spacial score (nSPS) is 24.8. The largest absolute Gasteiger partial charge is 0.399 e. The van der Waals surface area contributed by atoms with Gasteiger partial charge in [-0.2, -0.15) is 27.5 Å². The Hall–Kier alpha value is -2.39. The van der Waals surface area contributed by atoms with Crippen LogP contribution in [0.4, 0.5) is 0 Å². The molecule has 0 spiro atoms. The van der Waals surface area contributed by atoms with E-state index >= 15 is 0 Å². The molecule has 2 unspecified atom stereocenters. The van der Waals surface area contributed by atoms with Crippen LogP contribution in [0.1, 0.15) is 11.5 Å². The molecule has 24 heavy (non-hydrogen) atoms. The Morgan fingerprint density at radius 3 is 2.42 bits per heavy atom. The lowest BCUT2D eigenvalue weighted by molar-refractivity contribution is 0.368. The van der Waals surface area contributed by atoms with Gasteiger partial charge in [-0.25, -0.2) is 0 Å². The summed E-state index contributed by atoms with van der Waals surface area (Å²) in [5.41, 5.74) is 6.67. The molecule has 2 N–H and O–H groups in total. The third kappa shape index (κ3) is 2.28. The molecule has 0 bridgehead atoms. The molecule has 1 aromatic rings. The number of rotatable bonds is 1. The van der Waals surface area contributed by atoms with Gasteiger partial charge < -0.3 is 5.73 Å². The summed E-state index contributed by atoms with van der Waals surface area (Å²) in [6, 6.07) is 13.5. The van der Waals surface area contributed by atoms with Gasteiger partial charge in [0.25, 0.3) is 0 Å². The fourth-order valence-electron chi connectivity index (χ4n) is 3.53. The molecular weight excluding hydrogens is 340 g/mol. The third-order valence-corrected chi connectivity index (χ3v) is 5.91. The van der Waals surface area contributed by atoms with E-state index in [0.717, 1.165) is 22.6 Å². The average molecular weight is 353 g/mol. The van der Waals surface area contributed by atoms with Crippen molar-refractivity contribution in [1.29, 1.82) is 15.8 Å². The lowest BCUT2D eigenvalue weighted by Gasteiger charge is -2.43. The van der Waals surface area contributed by atoms with E-state index < -0.39 is 11.3 Å². The first-order valence-corrected chi connectivity index (χ1v) is 8.88. The summed E-state index contributed by atoms with van der Waals surface area (Å²) < 4.78 is 0. The number of nitrogens with zero attached hydrogens (tertiary/aromatic N) is 3. The number of hydrogen-bond acceptors (Lipinski definition) is 5.